The fourth-order valence-electron chi connectivity index (χ4n) is 1.13. The highest BCUT2D eigenvalue weighted by molar-refractivity contribution is 7.15. The lowest BCUT2D eigenvalue weighted by Crippen LogP contribution is -1.96. The molecule has 15 heavy (non-hydrogen) atoms. The second-order valence-electron chi connectivity index (χ2n) is 3.07. The van der Waals surface area contributed by atoms with Crippen LogP contribution in [0.25, 0.3) is 0 Å². The summed E-state index contributed by atoms with van der Waals surface area (Å²) in [6, 6.07) is 0. The molecule has 0 aliphatic carbocycles. The van der Waals surface area contributed by atoms with Crippen LogP contribution < -0.4 is 5.32 Å². The Bertz CT molecular complexity index is 396. The van der Waals surface area contributed by atoms with E-state index in [4.69, 9.17) is 0 Å². The minimum absolute atomic E-state index is 0.783. The van der Waals surface area contributed by atoms with Crippen molar-refractivity contribution in [2.24, 2.45) is 0 Å². The van der Waals surface area contributed by atoms with E-state index in [0.717, 1.165) is 29.5 Å². The largest absolute Gasteiger partial charge is 0.355 e. The summed E-state index contributed by atoms with van der Waals surface area (Å²) in [5.74, 6) is 0. The molecule has 0 radical (unpaired) electrons. The number of aryl methyl sites for hydroxylation is 1. The van der Waals surface area contributed by atoms with Crippen LogP contribution in [0.15, 0.2) is 11.7 Å². The van der Waals surface area contributed by atoms with Crippen LogP contribution in [-0.4, -0.2) is 15.2 Å². The average Bonchev–Trinajstić information content (AvgIpc) is 2.85. The van der Waals surface area contributed by atoms with Gasteiger partial charge in [0.1, 0.15) is 5.01 Å². The topological polar surface area (TPSA) is 50.7 Å². The van der Waals surface area contributed by atoms with Crippen LogP contribution in [0.3, 0.4) is 0 Å². The Labute approximate surface area is 96.4 Å². The molecule has 0 aromatic carbocycles. The molecular formula is C9H12N4S2. The Morgan fingerprint density at radius 3 is 3.07 bits per heavy atom. The number of nitrogens with zero attached hydrogens (tertiary/aromatic N) is 3. The van der Waals surface area contributed by atoms with E-state index >= 15 is 0 Å². The van der Waals surface area contributed by atoms with Gasteiger partial charge in [-0.1, -0.05) is 18.3 Å². The van der Waals surface area contributed by atoms with Crippen molar-refractivity contribution >= 4 is 27.8 Å². The van der Waals surface area contributed by atoms with E-state index < -0.39 is 0 Å². The van der Waals surface area contributed by atoms with Gasteiger partial charge in [0.05, 0.1) is 12.1 Å². The minimum Gasteiger partial charge on any atom is -0.355 e. The highest BCUT2D eigenvalue weighted by atomic mass is 32.1. The van der Waals surface area contributed by atoms with Gasteiger partial charge in [0, 0.05) is 17.5 Å². The van der Waals surface area contributed by atoms with Gasteiger partial charge in [-0.3, -0.25) is 4.98 Å². The van der Waals surface area contributed by atoms with Gasteiger partial charge >= 0.3 is 0 Å². The summed E-state index contributed by atoms with van der Waals surface area (Å²) in [7, 11) is 0. The molecule has 0 spiro atoms. The van der Waals surface area contributed by atoms with Crippen molar-refractivity contribution < 1.29 is 0 Å². The first-order valence-corrected chi connectivity index (χ1v) is 6.51. The molecule has 6 heteroatoms. The average molecular weight is 240 g/mol. The SMILES string of the molecule is CCCc1nnc(NCc2cncs2)s1. The maximum absolute atomic E-state index is 4.10. The van der Waals surface area contributed by atoms with Gasteiger partial charge in [-0.15, -0.1) is 21.5 Å². The van der Waals surface area contributed by atoms with Crippen molar-refractivity contribution in [2.75, 3.05) is 5.32 Å². The maximum atomic E-state index is 4.10. The van der Waals surface area contributed by atoms with E-state index in [0.29, 0.717) is 0 Å². The highest BCUT2D eigenvalue weighted by Gasteiger charge is 2.02. The van der Waals surface area contributed by atoms with Crippen LogP contribution in [0.1, 0.15) is 23.2 Å². The summed E-state index contributed by atoms with van der Waals surface area (Å²) in [4.78, 5) is 5.23. The third-order valence-corrected chi connectivity index (χ3v) is 3.55. The van der Waals surface area contributed by atoms with Gasteiger partial charge < -0.3 is 5.32 Å². The quantitative estimate of drug-likeness (QED) is 0.872. The van der Waals surface area contributed by atoms with Crippen LogP contribution >= 0.6 is 22.7 Å². The monoisotopic (exact) mass is 240 g/mol. The smallest absolute Gasteiger partial charge is 0.205 e. The van der Waals surface area contributed by atoms with Gasteiger partial charge in [-0.25, -0.2) is 0 Å². The van der Waals surface area contributed by atoms with Crippen LogP contribution in [0.4, 0.5) is 5.13 Å². The number of hydrogen-bond donors (Lipinski definition) is 1. The number of aromatic nitrogens is 3. The first-order chi connectivity index (χ1) is 7.38. The van der Waals surface area contributed by atoms with E-state index in [2.05, 4.69) is 27.4 Å². The summed E-state index contributed by atoms with van der Waals surface area (Å²) >= 11 is 3.27. The van der Waals surface area contributed by atoms with Crippen molar-refractivity contribution in [1.29, 1.82) is 0 Å². The van der Waals surface area contributed by atoms with E-state index in [1.807, 2.05) is 11.7 Å². The molecule has 2 rings (SSSR count). The Balaban J connectivity index is 1.88. The van der Waals surface area contributed by atoms with Crippen molar-refractivity contribution in [3.8, 4) is 0 Å². The lowest BCUT2D eigenvalue weighted by atomic mass is 10.4. The molecule has 2 aromatic heterocycles. The molecule has 0 saturated heterocycles. The molecule has 0 atom stereocenters. The maximum Gasteiger partial charge on any atom is 0.205 e. The summed E-state index contributed by atoms with van der Waals surface area (Å²) in [5, 5.41) is 13.4. The van der Waals surface area contributed by atoms with Crippen molar-refractivity contribution in [2.45, 2.75) is 26.3 Å². The summed E-state index contributed by atoms with van der Waals surface area (Å²) in [6.07, 6.45) is 4.00. The predicted octanol–water partition coefficient (Wildman–Crippen LogP) is 2.56. The second kappa shape index (κ2) is 5.18. The number of anilines is 1. The zero-order valence-corrected chi connectivity index (χ0v) is 10.1. The Morgan fingerprint density at radius 1 is 1.40 bits per heavy atom. The third-order valence-electron chi connectivity index (χ3n) is 1.83. The van der Waals surface area contributed by atoms with E-state index in [1.165, 1.54) is 4.88 Å². The lowest BCUT2D eigenvalue weighted by molar-refractivity contribution is 0.877. The van der Waals surface area contributed by atoms with Gasteiger partial charge in [0.25, 0.3) is 0 Å². The molecule has 0 saturated carbocycles. The zero-order valence-electron chi connectivity index (χ0n) is 8.43. The molecule has 0 bridgehead atoms. The molecule has 0 fully saturated rings. The Hall–Kier alpha value is -1.01. The molecule has 1 N–H and O–H groups in total. The van der Waals surface area contributed by atoms with Gasteiger partial charge in [0.15, 0.2) is 0 Å². The first kappa shape index (κ1) is 10.5. The van der Waals surface area contributed by atoms with Crippen molar-refractivity contribution in [1.82, 2.24) is 15.2 Å². The molecule has 0 unspecified atom stereocenters. The van der Waals surface area contributed by atoms with Crippen LogP contribution in [-0.2, 0) is 13.0 Å². The molecule has 2 aromatic rings. The van der Waals surface area contributed by atoms with Gasteiger partial charge in [-0.2, -0.15) is 0 Å². The molecule has 0 aliphatic rings. The molecule has 0 amide bonds. The second-order valence-corrected chi connectivity index (χ2v) is 5.11. The van der Waals surface area contributed by atoms with Crippen molar-refractivity contribution in [3.05, 3.63) is 21.6 Å². The predicted molar refractivity (Wildman–Crippen MR) is 63.3 cm³/mol. The number of rotatable bonds is 5. The molecule has 4 nitrogen and oxygen atoms in total. The normalized spacial score (nSPS) is 10.5. The standard InChI is InChI=1S/C9H12N4S2/c1-2-3-8-12-13-9(15-8)11-5-7-4-10-6-14-7/h4,6H,2-3,5H2,1H3,(H,11,13). The van der Waals surface area contributed by atoms with Crippen LogP contribution in [0, 0.1) is 0 Å². The van der Waals surface area contributed by atoms with Gasteiger partial charge in [0.2, 0.25) is 5.13 Å². The van der Waals surface area contributed by atoms with Crippen LogP contribution in [0.5, 0.6) is 0 Å². The number of thiazole rings is 1. The summed E-state index contributed by atoms with van der Waals surface area (Å²) in [5.41, 5.74) is 1.83. The molecule has 0 aliphatic heterocycles. The third kappa shape index (κ3) is 2.97. The lowest BCUT2D eigenvalue weighted by Gasteiger charge is -1.96. The number of nitrogens with one attached hydrogen (secondary N) is 1. The van der Waals surface area contributed by atoms with Crippen molar-refractivity contribution in [3.63, 3.8) is 0 Å². The zero-order chi connectivity index (χ0) is 10.5. The van der Waals surface area contributed by atoms with E-state index in [9.17, 15) is 0 Å². The summed E-state index contributed by atoms with van der Waals surface area (Å²) < 4.78 is 0. The fraction of sp³-hybridized carbons (Fsp3) is 0.444. The highest BCUT2D eigenvalue weighted by Crippen LogP contribution is 2.17. The molecule has 80 valence electrons. The Kier molecular flexibility index (Phi) is 3.63. The summed E-state index contributed by atoms with van der Waals surface area (Å²) in [6.45, 7) is 2.93. The fourth-order valence-corrected chi connectivity index (χ4v) is 2.50. The minimum atomic E-state index is 0.783. The van der Waals surface area contributed by atoms with Crippen LogP contribution in [0.2, 0.25) is 0 Å². The molecule has 2 heterocycles. The first-order valence-electron chi connectivity index (χ1n) is 4.82. The van der Waals surface area contributed by atoms with Gasteiger partial charge in [-0.05, 0) is 6.42 Å². The number of hydrogen-bond acceptors (Lipinski definition) is 6. The van der Waals surface area contributed by atoms with E-state index in [-0.39, 0.29) is 0 Å². The Morgan fingerprint density at radius 2 is 2.33 bits per heavy atom. The van der Waals surface area contributed by atoms with E-state index in [1.54, 1.807) is 22.7 Å². The molecular weight excluding hydrogens is 228 g/mol.